The van der Waals surface area contributed by atoms with Crippen molar-refractivity contribution in [3.63, 3.8) is 0 Å². The predicted octanol–water partition coefficient (Wildman–Crippen LogP) is 3.39. The Bertz CT molecular complexity index is 452. The Morgan fingerprint density at radius 2 is 1.22 bits per heavy atom. The molecule has 92 valence electrons. The molecule has 0 aromatic heterocycles. The fourth-order valence-electron chi connectivity index (χ4n) is 1.89. The van der Waals surface area contributed by atoms with Gasteiger partial charge in [-0.05, 0) is 0 Å². The topological polar surface area (TPSA) is 3.24 Å². The monoisotopic (exact) mass is 275 g/mol. The molecule has 0 aliphatic carbocycles. The first-order valence-electron chi connectivity index (χ1n) is 6.09. The Labute approximate surface area is 117 Å². The van der Waals surface area contributed by atoms with Gasteiger partial charge in [-0.1, -0.05) is 0 Å². The van der Waals surface area contributed by atoms with Crippen LogP contribution in [0.25, 0.3) is 0 Å². The molecule has 0 N–H and O–H groups in total. The van der Waals surface area contributed by atoms with Crippen LogP contribution >= 0.6 is 0 Å². The van der Waals surface area contributed by atoms with Gasteiger partial charge < -0.3 is 0 Å². The van der Waals surface area contributed by atoms with Crippen molar-refractivity contribution < 1.29 is 15.9 Å². The molecule has 0 amide bonds. The van der Waals surface area contributed by atoms with Crippen LogP contribution in [0.4, 0.5) is 0 Å². The molecule has 0 saturated carbocycles. The molecule has 0 atom stereocenters. The van der Waals surface area contributed by atoms with Crippen molar-refractivity contribution >= 4 is 4.50 Å². The first kappa shape index (κ1) is 13.2. The molecular formula is C16H17CrN. The van der Waals surface area contributed by atoms with E-state index in [0.717, 1.165) is 13.1 Å². The van der Waals surface area contributed by atoms with Gasteiger partial charge in [0, 0.05) is 0 Å². The third kappa shape index (κ3) is 3.93. The van der Waals surface area contributed by atoms with E-state index in [1.807, 2.05) is 0 Å². The number of hydrogen-bond donors (Lipinski definition) is 0. The van der Waals surface area contributed by atoms with E-state index < -0.39 is 0 Å². The van der Waals surface area contributed by atoms with Crippen molar-refractivity contribution in [3.05, 3.63) is 71.8 Å². The molecule has 1 nitrogen and oxygen atoms in total. The summed E-state index contributed by atoms with van der Waals surface area (Å²) in [5.41, 5.74) is 2.67. The summed E-state index contributed by atoms with van der Waals surface area (Å²) < 4.78 is 1.22. The molecule has 0 bridgehead atoms. The second kappa shape index (κ2) is 6.66. The summed E-state index contributed by atoms with van der Waals surface area (Å²) in [5, 5.41) is 0. The summed E-state index contributed by atoms with van der Waals surface area (Å²) in [6, 6.07) is 21.1. The van der Waals surface area contributed by atoms with Crippen molar-refractivity contribution in [1.82, 2.24) is 4.90 Å². The molecule has 0 heterocycles. The van der Waals surface area contributed by atoms with Gasteiger partial charge in [0.2, 0.25) is 0 Å². The second-order valence-electron chi connectivity index (χ2n) is 4.35. The van der Waals surface area contributed by atoms with Gasteiger partial charge in [-0.2, -0.15) is 0 Å². The van der Waals surface area contributed by atoms with Crippen LogP contribution < -0.4 is 0 Å². The van der Waals surface area contributed by atoms with Crippen LogP contribution in [0.5, 0.6) is 0 Å². The third-order valence-electron chi connectivity index (χ3n) is 2.88. The molecule has 0 spiro atoms. The van der Waals surface area contributed by atoms with E-state index in [0.29, 0.717) is 0 Å². The maximum atomic E-state index is 3.12. The number of nitrogens with zero attached hydrogens (tertiary/aromatic N) is 1. The van der Waals surface area contributed by atoms with E-state index in [2.05, 4.69) is 88.3 Å². The fraction of sp³-hybridized carbons (Fsp3) is 0.188. The molecule has 0 fully saturated rings. The van der Waals surface area contributed by atoms with E-state index in [9.17, 15) is 0 Å². The molecule has 2 heteroatoms. The predicted molar refractivity (Wildman–Crippen MR) is 72.8 cm³/mol. The van der Waals surface area contributed by atoms with Gasteiger partial charge in [-0.25, -0.2) is 0 Å². The first-order chi connectivity index (χ1) is 8.75. The normalized spacial score (nSPS) is 10.6. The summed E-state index contributed by atoms with van der Waals surface area (Å²) in [7, 11) is 0. The molecular weight excluding hydrogens is 258 g/mol. The first-order valence-corrected chi connectivity index (χ1v) is 6.73. The van der Waals surface area contributed by atoms with Gasteiger partial charge in [0.1, 0.15) is 0 Å². The van der Waals surface area contributed by atoms with Crippen LogP contribution in [0.1, 0.15) is 18.1 Å². The fourth-order valence-corrected chi connectivity index (χ4v) is 2.09. The Kier molecular flexibility index (Phi) is 4.90. The molecule has 2 aromatic rings. The molecule has 0 aliphatic heterocycles. The summed E-state index contributed by atoms with van der Waals surface area (Å²) in [6.45, 7) is 4.00. The number of hydrogen-bond acceptors (Lipinski definition) is 1. The number of rotatable bonds is 5. The number of benzene rings is 2. The minimum atomic E-state index is 0.939. The van der Waals surface area contributed by atoms with Gasteiger partial charge >= 0.3 is 117 Å². The van der Waals surface area contributed by atoms with E-state index in [1.54, 1.807) is 0 Å². The Morgan fingerprint density at radius 3 is 1.56 bits per heavy atom. The molecule has 0 aliphatic rings. The van der Waals surface area contributed by atoms with E-state index in [1.165, 1.54) is 15.6 Å². The molecule has 0 radical (unpaired) electrons. The van der Waals surface area contributed by atoms with Crippen molar-refractivity contribution in [2.45, 2.75) is 20.0 Å². The van der Waals surface area contributed by atoms with Crippen LogP contribution in [0.15, 0.2) is 60.7 Å². The SMILES string of the molecule is C[C](=[Cr])N(Cc1ccccc1)Cc1ccccc1. The van der Waals surface area contributed by atoms with Crippen molar-refractivity contribution in [1.29, 1.82) is 0 Å². The molecule has 2 rings (SSSR count). The van der Waals surface area contributed by atoms with Crippen LogP contribution in [-0.2, 0) is 28.9 Å². The summed E-state index contributed by atoms with van der Waals surface area (Å²) in [5.74, 6) is 0. The second-order valence-corrected chi connectivity index (χ2v) is 5.27. The summed E-state index contributed by atoms with van der Waals surface area (Å²) in [4.78, 5) is 2.35. The van der Waals surface area contributed by atoms with Crippen molar-refractivity contribution in [3.8, 4) is 0 Å². The summed E-state index contributed by atoms with van der Waals surface area (Å²) >= 11 is 3.12. The zero-order valence-electron chi connectivity index (χ0n) is 10.5. The van der Waals surface area contributed by atoms with Crippen LogP contribution in [0.3, 0.4) is 0 Å². The Balaban J connectivity index is 2.08. The van der Waals surface area contributed by atoms with Gasteiger partial charge in [0.25, 0.3) is 0 Å². The Morgan fingerprint density at radius 1 is 0.833 bits per heavy atom. The summed E-state index contributed by atoms with van der Waals surface area (Å²) in [6.07, 6.45) is 0. The molecule has 0 saturated heterocycles. The van der Waals surface area contributed by atoms with Gasteiger partial charge in [-0.3, -0.25) is 0 Å². The zero-order chi connectivity index (χ0) is 12.8. The minimum absolute atomic E-state index is 0.939. The van der Waals surface area contributed by atoms with Crippen molar-refractivity contribution in [2.75, 3.05) is 0 Å². The quantitative estimate of drug-likeness (QED) is 0.808. The average Bonchev–Trinajstić information content (AvgIpc) is 2.40. The third-order valence-corrected chi connectivity index (χ3v) is 3.28. The Hall–Kier alpha value is -1.20. The van der Waals surface area contributed by atoms with Crippen LogP contribution in [0, 0.1) is 0 Å². The van der Waals surface area contributed by atoms with E-state index in [4.69, 9.17) is 0 Å². The molecule has 0 unspecified atom stereocenters. The van der Waals surface area contributed by atoms with Crippen LogP contribution in [-0.4, -0.2) is 9.40 Å². The van der Waals surface area contributed by atoms with Crippen LogP contribution in [0.2, 0.25) is 0 Å². The molecule has 2 aromatic carbocycles. The van der Waals surface area contributed by atoms with Gasteiger partial charge in [-0.15, -0.1) is 0 Å². The van der Waals surface area contributed by atoms with Gasteiger partial charge in [0.05, 0.1) is 0 Å². The van der Waals surface area contributed by atoms with Crippen molar-refractivity contribution in [2.24, 2.45) is 0 Å². The standard InChI is InChI=1S/C16H17N.Cr/c1-2-17(13-15-9-5-3-6-10-15)14-16-11-7-4-8-12-16;/h3-12H,13-14H2,1H3;. The maximum absolute atomic E-state index is 3.12. The van der Waals surface area contributed by atoms with E-state index in [-0.39, 0.29) is 0 Å². The average molecular weight is 275 g/mol. The van der Waals surface area contributed by atoms with Gasteiger partial charge in [0.15, 0.2) is 0 Å². The zero-order valence-corrected chi connectivity index (χ0v) is 11.8. The van der Waals surface area contributed by atoms with E-state index >= 15 is 0 Å². The molecule has 18 heavy (non-hydrogen) atoms.